The highest BCUT2D eigenvalue weighted by molar-refractivity contribution is 9.10. The molecule has 0 unspecified atom stereocenters. The molecule has 4 aromatic rings. The maximum atomic E-state index is 7.54. The number of halogens is 1. The van der Waals surface area contributed by atoms with Gasteiger partial charge in [0.25, 0.3) is 0 Å². The fraction of sp³-hybridized carbons (Fsp3) is 0.0500. The number of rotatable bonds is 3. The Labute approximate surface area is 143 Å². The van der Waals surface area contributed by atoms with Gasteiger partial charge in [-0.1, -0.05) is 48.5 Å². The van der Waals surface area contributed by atoms with Gasteiger partial charge < -0.3 is 9.98 Å². The molecule has 3 heteroatoms. The van der Waals surface area contributed by atoms with Crippen molar-refractivity contribution in [1.82, 2.24) is 4.57 Å². The van der Waals surface area contributed by atoms with Crippen LogP contribution < -0.4 is 0 Å². The first-order valence-corrected chi connectivity index (χ1v) is 8.31. The smallest absolute Gasteiger partial charge is 0.0490 e. The maximum Gasteiger partial charge on any atom is 0.0490 e. The molecule has 0 aliphatic carbocycles. The van der Waals surface area contributed by atoms with Crippen LogP contribution in [0, 0.1) is 5.41 Å². The topological polar surface area (TPSA) is 28.8 Å². The van der Waals surface area contributed by atoms with Crippen LogP contribution >= 0.6 is 15.9 Å². The molecule has 2 nitrogen and oxygen atoms in total. The van der Waals surface area contributed by atoms with Crippen LogP contribution in [0.4, 0.5) is 0 Å². The lowest BCUT2D eigenvalue weighted by atomic mass is 10.1. The molecule has 3 aromatic carbocycles. The van der Waals surface area contributed by atoms with E-state index < -0.39 is 0 Å². The SMILES string of the molecule is N=Cc1cccc2c1ccn2Cc1ccc2ccccc2c1Br. The second-order valence-corrected chi connectivity index (χ2v) is 6.42. The molecule has 112 valence electrons. The van der Waals surface area contributed by atoms with Crippen LogP contribution in [0.1, 0.15) is 11.1 Å². The molecular weight excluding hydrogens is 348 g/mol. The molecule has 1 N–H and O–H groups in total. The fourth-order valence-electron chi connectivity index (χ4n) is 3.10. The minimum absolute atomic E-state index is 0.802. The van der Waals surface area contributed by atoms with Gasteiger partial charge in [0.05, 0.1) is 0 Å². The van der Waals surface area contributed by atoms with Crippen LogP contribution in [-0.2, 0) is 6.54 Å². The number of nitrogens with zero attached hydrogens (tertiary/aromatic N) is 1. The summed E-state index contributed by atoms with van der Waals surface area (Å²) in [6.45, 7) is 0.802. The summed E-state index contributed by atoms with van der Waals surface area (Å²) in [5.41, 5.74) is 3.37. The lowest BCUT2D eigenvalue weighted by Gasteiger charge is -2.10. The summed E-state index contributed by atoms with van der Waals surface area (Å²) in [7, 11) is 0. The minimum Gasteiger partial charge on any atom is -0.343 e. The Kier molecular flexibility index (Phi) is 3.50. The zero-order chi connectivity index (χ0) is 15.8. The van der Waals surface area contributed by atoms with Gasteiger partial charge in [0, 0.05) is 39.9 Å². The molecule has 4 rings (SSSR count). The average molecular weight is 363 g/mol. The van der Waals surface area contributed by atoms with Crippen molar-refractivity contribution in [3.8, 4) is 0 Å². The monoisotopic (exact) mass is 362 g/mol. The first kappa shape index (κ1) is 14.2. The molecule has 0 fully saturated rings. The van der Waals surface area contributed by atoms with E-state index in [1.54, 1.807) is 0 Å². The normalized spacial score (nSPS) is 11.2. The van der Waals surface area contributed by atoms with Crippen LogP contribution in [-0.4, -0.2) is 10.8 Å². The summed E-state index contributed by atoms with van der Waals surface area (Å²) in [6.07, 6.45) is 3.51. The van der Waals surface area contributed by atoms with Gasteiger partial charge in [-0.25, -0.2) is 0 Å². The summed E-state index contributed by atoms with van der Waals surface area (Å²) in [5, 5.41) is 11.1. The summed E-state index contributed by atoms with van der Waals surface area (Å²) >= 11 is 3.77. The van der Waals surface area contributed by atoms with Crippen molar-refractivity contribution in [2.24, 2.45) is 0 Å². The van der Waals surface area contributed by atoms with E-state index >= 15 is 0 Å². The number of hydrogen-bond acceptors (Lipinski definition) is 1. The number of aromatic nitrogens is 1. The number of fused-ring (bicyclic) bond motifs is 2. The third kappa shape index (κ3) is 2.37. The zero-order valence-corrected chi connectivity index (χ0v) is 14.0. The van der Waals surface area contributed by atoms with E-state index in [4.69, 9.17) is 5.41 Å². The molecule has 0 aliphatic heterocycles. The largest absolute Gasteiger partial charge is 0.343 e. The lowest BCUT2D eigenvalue weighted by Crippen LogP contribution is -1.99. The van der Waals surface area contributed by atoms with Crippen molar-refractivity contribution in [3.05, 3.63) is 82.5 Å². The van der Waals surface area contributed by atoms with E-state index in [9.17, 15) is 0 Å². The second-order valence-electron chi connectivity index (χ2n) is 5.63. The predicted octanol–water partition coefficient (Wildman–Crippen LogP) is 5.60. The minimum atomic E-state index is 0.802. The molecule has 23 heavy (non-hydrogen) atoms. The van der Waals surface area contributed by atoms with Crippen molar-refractivity contribution >= 4 is 43.8 Å². The summed E-state index contributed by atoms with van der Waals surface area (Å²) in [5.74, 6) is 0. The highest BCUT2D eigenvalue weighted by Crippen LogP contribution is 2.29. The number of hydrogen-bond donors (Lipinski definition) is 1. The predicted molar refractivity (Wildman–Crippen MR) is 101 cm³/mol. The van der Waals surface area contributed by atoms with Gasteiger partial charge in [0.1, 0.15) is 0 Å². The second kappa shape index (κ2) is 5.67. The van der Waals surface area contributed by atoms with Gasteiger partial charge >= 0.3 is 0 Å². The van der Waals surface area contributed by atoms with Crippen LogP contribution in [0.25, 0.3) is 21.7 Å². The summed E-state index contributed by atoms with van der Waals surface area (Å²) in [4.78, 5) is 0. The van der Waals surface area contributed by atoms with Gasteiger partial charge in [-0.15, -0.1) is 0 Å². The van der Waals surface area contributed by atoms with Gasteiger partial charge in [-0.3, -0.25) is 0 Å². The Morgan fingerprint density at radius 2 is 1.78 bits per heavy atom. The van der Waals surface area contributed by atoms with E-state index in [-0.39, 0.29) is 0 Å². The molecule has 1 aromatic heterocycles. The number of nitrogens with one attached hydrogen (secondary N) is 1. The quantitative estimate of drug-likeness (QED) is 0.459. The first-order valence-electron chi connectivity index (χ1n) is 7.52. The van der Waals surface area contributed by atoms with Gasteiger partial charge in [0.2, 0.25) is 0 Å². The van der Waals surface area contributed by atoms with Crippen LogP contribution in [0.2, 0.25) is 0 Å². The van der Waals surface area contributed by atoms with Crippen molar-refractivity contribution in [1.29, 1.82) is 5.41 Å². The Morgan fingerprint density at radius 1 is 0.913 bits per heavy atom. The summed E-state index contributed by atoms with van der Waals surface area (Å²) in [6, 6.07) is 20.9. The molecule has 0 amide bonds. The van der Waals surface area contributed by atoms with Gasteiger partial charge in [-0.2, -0.15) is 0 Å². The van der Waals surface area contributed by atoms with E-state index in [2.05, 4.69) is 75.2 Å². The maximum absolute atomic E-state index is 7.54. The van der Waals surface area contributed by atoms with Crippen molar-refractivity contribution in [3.63, 3.8) is 0 Å². The number of benzene rings is 3. The van der Waals surface area contributed by atoms with E-state index in [1.807, 2.05) is 12.1 Å². The van der Waals surface area contributed by atoms with Crippen LogP contribution in [0.3, 0.4) is 0 Å². The van der Waals surface area contributed by atoms with Crippen molar-refractivity contribution in [2.45, 2.75) is 6.54 Å². The summed E-state index contributed by atoms with van der Waals surface area (Å²) < 4.78 is 3.39. The highest BCUT2D eigenvalue weighted by atomic mass is 79.9. The molecule has 0 aliphatic rings. The van der Waals surface area contributed by atoms with Crippen molar-refractivity contribution in [2.75, 3.05) is 0 Å². The van der Waals surface area contributed by atoms with Gasteiger partial charge in [0.15, 0.2) is 0 Å². The Balaban J connectivity index is 1.82. The standard InChI is InChI=1S/C20H15BrN2/c21-20-16(9-8-14-4-1-2-6-18(14)20)13-23-11-10-17-15(12-22)5-3-7-19(17)23/h1-12,22H,13H2. The third-order valence-corrected chi connectivity index (χ3v) is 5.22. The Bertz CT molecular complexity index is 1030. The van der Waals surface area contributed by atoms with Crippen LogP contribution in [0.15, 0.2) is 71.3 Å². The molecule has 0 saturated carbocycles. The highest BCUT2D eigenvalue weighted by Gasteiger charge is 2.08. The van der Waals surface area contributed by atoms with E-state index in [1.165, 1.54) is 22.6 Å². The van der Waals surface area contributed by atoms with Crippen LogP contribution in [0.5, 0.6) is 0 Å². The fourth-order valence-corrected chi connectivity index (χ4v) is 3.71. The van der Waals surface area contributed by atoms with E-state index in [0.717, 1.165) is 27.5 Å². The zero-order valence-electron chi connectivity index (χ0n) is 12.5. The molecular formula is C20H15BrN2. The van der Waals surface area contributed by atoms with Crippen molar-refractivity contribution < 1.29 is 0 Å². The molecule has 0 saturated heterocycles. The first-order chi connectivity index (χ1) is 11.3. The van der Waals surface area contributed by atoms with Gasteiger partial charge in [-0.05, 0) is 44.4 Å². The Morgan fingerprint density at radius 3 is 2.65 bits per heavy atom. The molecule has 1 heterocycles. The average Bonchev–Trinajstić information content (AvgIpc) is 3.01. The Hall–Kier alpha value is -2.39. The third-order valence-electron chi connectivity index (χ3n) is 4.29. The molecule has 0 atom stereocenters. The molecule has 0 radical (unpaired) electrons. The van der Waals surface area contributed by atoms with E-state index in [0.29, 0.717) is 0 Å². The molecule has 0 spiro atoms. The lowest BCUT2D eigenvalue weighted by molar-refractivity contribution is 0.835. The molecule has 0 bridgehead atoms.